The van der Waals surface area contributed by atoms with Crippen molar-refractivity contribution >= 4 is 82.9 Å². The Morgan fingerprint density at radius 3 is 1.64 bits per heavy atom. The number of nitrogens with two attached hydrogens (primary N) is 5. The summed E-state index contributed by atoms with van der Waals surface area (Å²) in [5.74, 6) is -11.6. The van der Waals surface area contributed by atoms with Gasteiger partial charge in [0.2, 0.25) is 59.1 Å². The standard InChI is InChI=1S/C43H67N17O14/c1-23(55-31(62)19-51-30(61)18-44)36(68)52-20-33(64)57-26(11-6-14-50-43(47)48)40(72)60-15-7-12-29(60)39(71)59-27(16-24-8-3-2-4-9-24)38(70)54-21-32(63)56-25(10-5-13-49-42(45)46)37(69)53-22-34(65)58-28(41(73)74)17-35(66)67/h2-4,8-9,23,25-29H,5-7,10-22,44H2,1H3,(H,51,61)(H,52,68)(H,53,69)(H,54,70)(H,55,62)(H,56,63)(H,57,64)(H,58,65)(H,59,71)(H,66,67)(H,73,74)(H4,45,46,49)(H4,47,48,50)/t23-,25-,26-,27+,28-,29-/m0/s1. The number of carbonyl (C=O) groups excluding carboxylic acids is 10. The normalized spacial score (nSPS) is 14.6. The third-order valence-corrected chi connectivity index (χ3v) is 10.6. The Labute approximate surface area is 424 Å². The maximum Gasteiger partial charge on any atom is 0.326 e. The monoisotopic (exact) mass is 1050 g/mol. The zero-order valence-corrected chi connectivity index (χ0v) is 40.7. The molecule has 0 unspecified atom stereocenters. The molecule has 408 valence electrons. The zero-order valence-electron chi connectivity index (χ0n) is 40.7. The fraction of sp³-hybridized carbons (Fsp3) is 0.535. The SMILES string of the molecule is C[C@H](NC(=O)CNC(=O)CN)C(=O)NCC(=O)N[C@@H](CCCN=C(N)N)C(=O)N1CCC[C@H]1C(=O)N[C@H](Cc1ccccc1)C(=O)NCC(=O)N[C@@H](CCCN=C(N)N)C(=O)NCC(=O)N[C@@H](CC(=O)O)C(=O)O. The maximum absolute atomic E-state index is 14.2. The highest BCUT2D eigenvalue weighted by molar-refractivity contribution is 5.97. The molecule has 0 spiro atoms. The molecule has 10 amide bonds. The van der Waals surface area contributed by atoms with Gasteiger partial charge in [0, 0.05) is 26.1 Å². The maximum atomic E-state index is 14.2. The number of carboxylic acids is 2. The lowest BCUT2D eigenvalue weighted by Gasteiger charge is -2.30. The van der Waals surface area contributed by atoms with Gasteiger partial charge in [-0.3, -0.25) is 62.7 Å². The summed E-state index contributed by atoms with van der Waals surface area (Å²) in [6, 6.07) is 0.474. The molecule has 0 radical (unpaired) electrons. The summed E-state index contributed by atoms with van der Waals surface area (Å²) in [5.41, 5.74) is 27.4. The molecule has 6 atom stereocenters. The van der Waals surface area contributed by atoms with Crippen LogP contribution in [0.2, 0.25) is 0 Å². The van der Waals surface area contributed by atoms with E-state index in [4.69, 9.17) is 33.8 Å². The van der Waals surface area contributed by atoms with E-state index < -0.39 is 140 Å². The second-order valence-corrected chi connectivity index (χ2v) is 16.6. The number of aliphatic imine (C=N–C) groups is 2. The minimum absolute atomic E-state index is 0.0157. The highest BCUT2D eigenvalue weighted by atomic mass is 16.4. The van der Waals surface area contributed by atoms with Gasteiger partial charge in [-0.15, -0.1) is 0 Å². The molecule has 31 heteroatoms. The number of carbonyl (C=O) groups is 12. The van der Waals surface area contributed by atoms with Gasteiger partial charge in [-0.25, -0.2) is 4.79 Å². The molecule has 1 fully saturated rings. The highest BCUT2D eigenvalue weighted by Crippen LogP contribution is 2.20. The number of aliphatic carboxylic acids is 2. The molecule has 1 heterocycles. The van der Waals surface area contributed by atoms with Crippen LogP contribution in [-0.4, -0.2) is 187 Å². The van der Waals surface area contributed by atoms with Gasteiger partial charge in [0.1, 0.15) is 36.3 Å². The topological polar surface area (TPSA) is 512 Å². The molecule has 1 aliphatic heterocycles. The van der Waals surface area contributed by atoms with Gasteiger partial charge in [0.05, 0.1) is 39.1 Å². The van der Waals surface area contributed by atoms with Crippen molar-refractivity contribution in [1.82, 2.24) is 52.8 Å². The van der Waals surface area contributed by atoms with E-state index >= 15 is 0 Å². The summed E-state index contributed by atoms with van der Waals surface area (Å²) < 4.78 is 0. The van der Waals surface area contributed by atoms with Gasteiger partial charge in [-0.2, -0.15) is 0 Å². The van der Waals surface area contributed by atoms with E-state index in [0.29, 0.717) is 12.0 Å². The van der Waals surface area contributed by atoms with Gasteiger partial charge in [0.15, 0.2) is 11.9 Å². The molecule has 74 heavy (non-hydrogen) atoms. The Morgan fingerprint density at radius 1 is 0.622 bits per heavy atom. The summed E-state index contributed by atoms with van der Waals surface area (Å²) >= 11 is 0. The molecule has 2 rings (SSSR count). The van der Waals surface area contributed by atoms with Gasteiger partial charge in [-0.05, 0) is 51.0 Å². The van der Waals surface area contributed by atoms with Crippen LogP contribution in [0.15, 0.2) is 40.3 Å². The van der Waals surface area contributed by atoms with Crippen LogP contribution in [0.5, 0.6) is 0 Å². The van der Waals surface area contributed by atoms with Crippen LogP contribution >= 0.6 is 0 Å². The van der Waals surface area contributed by atoms with Gasteiger partial charge >= 0.3 is 11.9 Å². The van der Waals surface area contributed by atoms with E-state index in [-0.39, 0.29) is 76.6 Å². The summed E-state index contributed by atoms with van der Waals surface area (Å²) in [5, 5.41) is 39.4. The number of nitrogens with zero attached hydrogens (tertiary/aromatic N) is 3. The van der Waals surface area contributed by atoms with Crippen molar-refractivity contribution in [3.8, 4) is 0 Å². The number of nitrogens with one attached hydrogen (secondary N) is 9. The van der Waals surface area contributed by atoms with Gasteiger partial charge in [-0.1, -0.05) is 30.3 Å². The average molecular weight is 1050 g/mol. The van der Waals surface area contributed by atoms with Crippen LogP contribution in [0.1, 0.15) is 57.4 Å². The molecule has 1 aliphatic rings. The molecule has 0 saturated carbocycles. The number of amides is 10. The molecule has 0 bridgehead atoms. The van der Waals surface area contributed by atoms with E-state index in [1.165, 1.54) is 11.8 Å². The molecule has 31 nitrogen and oxygen atoms in total. The van der Waals surface area contributed by atoms with E-state index in [2.05, 4.69) is 52.5 Å². The van der Waals surface area contributed by atoms with Crippen molar-refractivity contribution in [2.45, 2.75) is 94.5 Å². The van der Waals surface area contributed by atoms with Crippen molar-refractivity contribution in [1.29, 1.82) is 0 Å². The molecule has 21 N–H and O–H groups in total. The predicted molar refractivity (Wildman–Crippen MR) is 261 cm³/mol. The zero-order chi connectivity index (χ0) is 55.3. The van der Waals surface area contributed by atoms with E-state index in [1.54, 1.807) is 30.3 Å². The average Bonchev–Trinajstić information content (AvgIpc) is 3.85. The van der Waals surface area contributed by atoms with Crippen molar-refractivity contribution in [3.05, 3.63) is 35.9 Å². The first-order valence-corrected chi connectivity index (χ1v) is 23.2. The lowest BCUT2D eigenvalue weighted by Crippen LogP contribution is -2.58. The molecule has 1 aromatic carbocycles. The van der Waals surface area contributed by atoms with E-state index in [9.17, 15) is 62.6 Å². The summed E-state index contributed by atoms with van der Waals surface area (Å²) in [6.07, 6.45) is -0.316. The van der Waals surface area contributed by atoms with Crippen LogP contribution in [0.3, 0.4) is 0 Å². The molecular formula is C43H67N17O14. The quantitative estimate of drug-likeness (QED) is 0.0181. The first kappa shape index (κ1) is 61.5. The summed E-state index contributed by atoms with van der Waals surface area (Å²) in [4.78, 5) is 161. The third-order valence-electron chi connectivity index (χ3n) is 10.6. The number of rotatable bonds is 32. The Bertz CT molecular complexity index is 2220. The van der Waals surface area contributed by atoms with E-state index in [1.807, 2.05) is 5.32 Å². The van der Waals surface area contributed by atoms with Crippen LogP contribution < -0.4 is 76.5 Å². The van der Waals surface area contributed by atoms with Crippen LogP contribution in [0.4, 0.5) is 0 Å². The first-order chi connectivity index (χ1) is 35.0. The number of likely N-dealkylation sites (tertiary alicyclic amines) is 1. The summed E-state index contributed by atoms with van der Waals surface area (Å²) in [6.45, 7) is -1.45. The molecule has 1 aromatic rings. The minimum atomic E-state index is -1.79. The fourth-order valence-electron chi connectivity index (χ4n) is 6.99. The van der Waals surface area contributed by atoms with Gasteiger partial charge < -0.3 is 91.6 Å². The second-order valence-electron chi connectivity index (χ2n) is 16.6. The van der Waals surface area contributed by atoms with Crippen molar-refractivity contribution in [3.63, 3.8) is 0 Å². The number of hydrogen-bond acceptors (Lipinski definition) is 15. The smallest absolute Gasteiger partial charge is 0.326 e. The Balaban J connectivity index is 2.21. The molecule has 1 saturated heterocycles. The number of guanidine groups is 2. The van der Waals surface area contributed by atoms with Crippen molar-refractivity contribution < 1.29 is 67.7 Å². The third kappa shape index (κ3) is 24.0. The van der Waals surface area contributed by atoms with Gasteiger partial charge in [0.25, 0.3) is 0 Å². The largest absolute Gasteiger partial charge is 0.481 e. The lowest BCUT2D eigenvalue weighted by atomic mass is 10.0. The minimum Gasteiger partial charge on any atom is -0.481 e. The van der Waals surface area contributed by atoms with Crippen LogP contribution in [0, 0.1) is 0 Å². The Kier molecular flexibility index (Phi) is 26.9. The van der Waals surface area contributed by atoms with Crippen molar-refractivity contribution in [2.24, 2.45) is 38.7 Å². The van der Waals surface area contributed by atoms with Crippen LogP contribution in [0.25, 0.3) is 0 Å². The molecule has 0 aromatic heterocycles. The Morgan fingerprint density at radius 2 is 1.11 bits per heavy atom. The Hall–Kier alpha value is -8.64. The molecule has 0 aliphatic carbocycles. The number of benzene rings is 1. The number of hydrogen-bond donors (Lipinski definition) is 16. The van der Waals surface area contributed by atoms with Crippen LogP contribution in [-0.2, 0) is 64.0 Å². The summed E-state index contributed by atoms with van der Waals surface area (Å²) in [7, 11) is 0. The van der Waals surface area contributed by atoms with E-state index in [0.717, 1.165) is 0 Å². The highest BCUT2D eigenvalue weighted by Gasteiger charge is 2.39. The van der Waals surface area contributed by atoms with Crippen molar-refractivity contribution in [2.75, 3.05) is 52.4 Å². The number of carboxylic acid groups (broad SMARTS) is 2. The lowest BCUT2D eigenvalue weighted by molar-refractivity contribution is -0.147. The predicted octanol–water partition coefficient (Wildman–Crippen LogP) is -8.25. The second kappa shape index (κ2) is 32.4. The molecular weight excluding hydrogens is 979 g/mol. The first-order valence-electron chi connectivity index (χ1n) is 23.2. The fourth-order valence-corrected chi connectivity index (χ4v) is 6.99.